The summed E-state index contributed by atoms with van der Waals surface area (Å²) in [6, 6.07) is 17.9. The smallest absolute Gasteiger partial charge is 0.251 e. The number of rotatable bonds is 7. The molecule has 0 bridgehead atoms. The summed E-state index contributed by atoms with van der Waals surface area (Å²) in [5, 5.41) is 3.10. The van der Waals surface area contributed by atoms with Crippen LogP contribution in [0.15, 0.2) is 59.5 Å². The van der Waals surface area contributed by atoms with Crippen molar-refractivity contribution in [2.45, 2.75) is 30.8 Å². The Morgan fingerprint density at radius 1 is 1.14 bits per heavy atom. The van der Waals surface area contributed by atoms with Crippen LogP contribution in [0.25, 0.3) is 0 Å². The molecule has 1 unspecified atom stereocenters. The average Bonchev–Trinajstić information content (AvgIpc) is 2.59. The monoisotopic (exact) mass is 314 g/mol. The quantitative estimate of drug-likeness (QED) is 0.770. The van der Waals surface area contributed by atoms with Crippen LogP contribution in [-0.2, 0) is 6.54 Å². The highest BCUT2D eigenvalue weighted by atomic mass is 32.2. The van der Waals surface area contributed by atoms with Crippen molar-refractivity contribution in [3.8, 4) is 0 Å². The lowest BCUT2D eigenvalue weighted by Crippen LogP contribution is -2.36. The Morgan fingerprint density at radius 2 is 1.82 bits per heavy atom. The minimum absolute atomic E-state index is 0.0240. The van der Waals surface area contributed by atoms with Crippen LogP contribution in [0.2, 0.25) is 0 Å². The number of nitrogens with two attached hydrogens (primary N) is 1. The molecular weight excluding hydrogens is 292 g/mol. The maximum Gasteiger partial charge on any atom is 0.251 e. The highest BCUT2D eigenvalue weighted by molar-refractivity contribution is 7.99. The standard InChI is InChI=1S/C18H22N2OS/c1-2-16(13-22-17-6-4-3-5-7-17)20-18(21)15-10-8-14(12-19)9-11-15/h3-11,16H,2,12-13,19H2,1H3,(H,20,21). The third kappa shape index (κ3) is 4.90. The highest BCUT2D eigenvalue weighted by Crippen LogP contribution is 2.19. The van der Waals surface area contributed by atoms with Crippen LogP contribution in [0, 0.1) is 0 Å². The molecule has 0 aromatic heterocycles. The number of amides is 1. The third-order valence-corrected chi connectivity index (χ3v) is 4.65. The zero-order chi connectivity index (χ0) is 15.8. The lowest BCUT2D eigenvalue weighted by molar-refractivity contribution is 0.0940. The Labute approximate surface area is 136 Å². The first-order chi connectivity index (χ1) is 10.7. The maximum atomic E-state index is 12.3. The summed E-state index contributed by atoms with van der Waals surface area (Å²) in [6.07, 6.45) is 0.909. The van der Waals surface area contributed by atoms with Crippen molar-refractivity contribution in [3.05, 3.63) is 65.7 Å². The topological polar surface area (TPSA) is 55.1 Å². The van der Waals surface area contributed by atoms with Gasteiger partial charge in [-0.15, -0.1) is 11.8 Å². The summed E-state index contributed by atoms with van der Waals surface area (Å²) in [7, 11) is 0. The van der Waals surface area contributed by atoms with Gasteiger partial charge in [-0.25, -0.2) is 0 Å². The molecule has 1 amide bonds. The van der Waals surface area contributed by atoms with Crippen molar-refractivity contribution in [2.24, 2.45) is 5.73 Å². The second kappa shape index (κ2) is 8.61. The van der Waals surface area contributed by atoms with E-state index in [1.165, 1.54) is 4.90 Å². The van der Waals surface area contributed by atoms with E-state index in [0.29, 0.717) is 12.1 Å². The van der Waals surface area contributed by atoms with Crippen LogP contribution >= 0.6 is 11.8 Å². The van der Waals surface area contributed by atoms with E-state index in [-0.39, 0.29) is 11.9 Å². The Kier molecular flexibility index (Phi) is 6.49. The van der Waals surface area contributed by atoms with Crippen molar-refractivity contribution >= 4 is 17.7 Å². The highest BCUT2D eigenvalue weighted by Gasteiger charge is 2.12. The fourth-order valence-electron chi connectivity index (χ4n) is 2.04. The molecule has 0 aliphatic rings. The van der Waals surface area contributed by atoms with Crippen molar-refractivity contribution in [2.75, 3.05) is 5.75 Å². The number of carbonyl (C=O) groups is 1. The first kappa shape index (κ1) is 16.6. The molecule has 2 aromatic rings. The summed E-state index contributed by atoms with van der Waals surface area (Å²) < 4.78 is 0. The Morgan fingerprint density at radius 3 is 2.41 bits per heavy atom. The van der Waals surface area contributed by atoms with Gasteiger partial charge in [0.1, 0.15) is 0 Å². The van der Waals surface area contributed by atoms with E-state index < -0.39 is 0 Å². The molecule has 0 aliphatic heterocycles. The SMILES string of the molecule is CCC(CSc1ccccc1)NC(=O)c1ccc(CN)cc1. The van der Waals surface area contributed by atoms with Gasteiger partial charge in [0.05, 0.1) is 0 Å². The minimum Gasteiger partial charge on any atom is -0.348 e. The average molecular weight is 314 g/mol. The van der Waals surface area contributed by atoms with Gasteiger partial charge in [-0.1, -0.05) is 37.3 Å². The van der Waals surface area contributed by atoms with Crippen molar-refractivity contribution in [1.82, 2.24) is 5.32 Å². The summed E-state index contributed by atoms with van der Waals surface area (Å²) in [4.78, 5) is 13.5. The summed E-state index contributed by atoms with van der Waals surface area (Å²) in [5.74, 6) is 0.844. The van der Waals surface area contributed by atoms with Gasteiger partial charge in [0, 0.05) is 28.8 Å². The Hall–Kier alpha value is -1.78. The van der Waals surface area contributed by atoms with Crippen molar-refractivity contribution in [1.29, 1.82) is 0 Å². The fraction of sp³-hybridized carbons (Fsp3) is 0.278. The van der Waals surface area contributed by atoms with Gasteiger partial charge < -0.3 is 11.1 Å². The number of nitrogens with one attached hydrogen (secondary N) is 1. The first-order valence-electron chi connectivity index (χ1n) is 7.50. The molecule has 116 valence electrons. The van der Waals surface area contributed by atoms with Crippen molar-refractivity contribution in [3.63, 3.8) is 0 Å². The predicted octanol–water partition coefficient (Wildman–Crippen LogP) is 3.45. The van der Waals surface area contributed by atoms with Crippen LogP contribution in [0.4, 0.5) is 0 Å². The lowest BCUT2D eigenvalue weighted by atomic mass is 10.1. The van der Waals surface area contributed by atoms with E-state index in [0.717, 1.165) is 17.7 Å². The van der Waals surface area contributed by atoms with E-state index >= 15 is 0 Å². The molecule has 3 nitrogen and oxygen atoms in total. The predicted molar refractivity (Wildman–Crippen MR) is 93.0 cm³/mol. The molecule has 22 heavy (non-hydrogen) atoms. The van der Waals surface area contributed by atoms with Crippen LogP contribution < -0.4 is 11.1 Å². The molecule has 0 saturated carbocycles. The van der Waals surface area contributed by atoms with Gasteiger partial charge in [0.15, 0.2) is 0 Å². The Balaban J connectivity index is 1.89. The zero-order valence-corrected chi connectivity index (χ0v) is 13.6. The normalized spacial score (nSPS) is 11.9. The fourth-order valence-corrected chi connectivity index (χ4v) is 3.10. The molecule has 3 N–H and O–H groups in total. The van der Waals surface area contributed by atoms with Crippen molar-refractivity contribution < 1.29 is 4.79 Å². The molecule has 0 radical (unpaired) electrons. The van der Waals surface area contributed by atoms with Crippen LogP contribution in [0.3, 0.4) is 0 Å². The van der Waals surface area contributed by atoms with Crippen LogP contribution in [0.5, 0.6) is 0 Å². The van der Waals surface area contributed by atoms with Gasteiger partial charge in [0.2, 0.25) is 0 Å². The van der Waals surface area contributed by atoms with E-state index in [1.54, 1.807) is 11.8 Å². The molecule has 1 atom stereocenters. The van der Waals surface area contributed by atoms with Gasteiger partial charge in [-0.05, 0) is 36.2 Å². The maximum absolute atomic E-state index is 12.3. The summed E-state index contributed by atoms with van der Waals surface area (Å²) >= 11 is 1.77. The van der Waals surface area contributed by atoms with Gasteiger partial charge in [-0.3, -0.25) is 4.79 Å². The van der Waals surface area contributed by atoms with E-state index in [4.69, 9.17) is 5.73 Å². The number of hydrogen-bond donors (Lipinski definition) is 2. The number of hydrogen-bond acceptors (Lipinski definition) is 3. The molecule has 2 rings (SSSR count). The summed E-state index contributed by atoms with van der Waals surface area (Å²) in [5.41, 5.74) is 7.28. The number of thioether (sulfide) groups is 1. The third-order valence-electron chi connectivity index (χ3n) is 3.47. The molecule has 0 spiro atoms. The van der Waals surface area contributed by atoms with Crippen LogP contribution in [0.1, 0.15) is 29.3 Å². The molecular formula is C18H22N2OS. The zero-order valence-electron chi connectivity index (χ0n) is 12.8. The van der Waals surface area contributed by atoms with Crippen LogP contribution in [-0.4, -0.2) is 17.7 Å². The molecule has 0 fully saturated rings. The summed E-state index contributed by atoms with van der Waals surface area (Å²) in [6.45, 7) is 2.58. The molecule has 4 heteroatoms. The molecule has 0 saturated heterocycles. The largest absolute Gasteiger partial charge is 0.348 e. The van der Waals surface area contributed by atoms with E-state index in [1.807, 2.05) is 42.5 Å². The minimum atomic E-state index is -0.0240. The van der Waals surface area contributed by atoms with Gasteiger partial charge >= 0.3 is 0 Å². The van der Waals surface area contributed by atoms with Gasteiger partial charge in [-0.2, -0.15) is 0 Å². The second-order valence-corrected chi connectivity index (χ2v) is 6.20. The second-order valence-electron chi connectivity index (χ2n) is 5.10. The van der Waals surface area contributed by atoms with E-state index in [2.05, 4.69) is 24.4 Å². The van der Waals surface area contributed by atoms with Gasteiger partial charge in [0.25, 0.3) is 5.91 Å². The molecule has 2 aromatic carbocycles. The number of benzene rings is 2. The molecule has 0 aliphatic carbocycles. The number of carbonyl (C=O) groups excluding carboxylic acids is 1. The molecule has 0 heterocycles. The lowest BCUT2D eigenvalue weighted by Gasteiger charge is -2.17. The first-order valence-corrected chi connectivity index (χ1v) is 8.49. The Bertz CT molecular complexity index is 584. The van der Waals surface area contributed by atoms with E-state index in [9.17, 15) is 4.79 Å².